The van der Waals surface area contributed by atoms with Crippen molar-refractivity contribution in [2.24, 2.45) is 5.92 Å². The number of aryl methyl sites for hydroxylation is 1. The second-order valence-corrected chi connectivity index (χ2v) is 6.96. The van der Waals surface area contributed by atoms with Crippen molar-refractivity contribution in [1.82, 2.24) is 24.7 Å². The Kier molecular flexibility index (Phi) is 3.92. The lowest BCUT2D eigenvalue weighted by atomic mass is 10.2. The van der Waals surface area contributed by atoms with Gasteiger partial charge in [0.15, 0.2) is 11.3 Å². The highest BCUT2D eigenvalue weighted by atomic mass is 35.5. The van der Waals surface area contributed by atoms with Gasteiger partial charge in [-0.3, -0.25) is 14.2 Å². The molecule has 25 heavy (non-hydrogen) atoms. The zero-order chi connectivity index (χ0) is 17.6. The number of nitrogens with one attached hydrogen (secondary N) is 1. The number of carbonyl (C=O) groups is 1. The molecule has 1 N–H and O–H groups in total. The number of amides is 1. The molecule has 0 bridgehead atoms. The molecule has 1 amide bonds. The van der Waals surface area contributed by atoms with Crippen molar-refractivity contribution in [1.29, 1.82) is 0 Å². The van der Waals surface area contributed by atoms with E-state index in [-0.39, 0.29) is 11.9 Å². The van der Waals surface area contributed by atoms with Crippen molar-refractivity contribution in [3.63, 3.8) is 0 Å². The van der Waals surface area contributed by atoms with Crippen LogP contribution in [0.5, 0.6) is 0 Å². The second-order valence-electron chi connectivity index (χ2n) is 6.53. The summed E-state index contributed by atoms with van der Waals surface area (Å²) in [5, 5.41) is 3.62. The van der Waals surface area contributed by atoms with Crippen LogP contribution in [0.3, 0.4) is 0 Å². The van der Waals surface area contributed by atoms with Crippen LogP contribution < -0.4 is 5.32 Å². The summed E-state index contributed by atoms with van der Waals surface area (Å²) in [6.07, 6.45) is 5.62. The standard InChI is InChI=1S/C18H18ClN5O/c1-10-7-15(14-8-13(19)5-6-20-14)23-17-16(21-9-24(10)17)18(25)22-11(2)12-3-4-12/h5-9,11-12H,3-4H2,1-2H3,(H,22,25). The van der Waals surface area contributed by atoms with Crippen molar-refractivity contribution in [2.45, 2.75) is 32.7 Å². The van der Waals surface area contributed by atoms with E-state index in [9.17, 15) is 4.79 Å². The highest BCUT2D eigenvalue weighted by Gasteiger charge is 2.30. The Morgan fingerprint density at radius 2 is 2.12 bits per heavy atom. The van der Waals surface area contributed by atoms with E-state index in [0.29, 0.717) is 33.7 Å². The fourth-order valence-corrected chi connectivity index (χ4v) is 3.11. The third kappa shape index (κ3) is 3.09. The number of nitrogens with zero attached hydrogens (tertiary/aromatic N) is 4. The minimum atomic E-state index is -0.190. The van der Waals surface area contributed by atoms with E-state index in [2.05, 4.69) is 20.3 Å². The Labute approximate surface area is 150 Å². The Hall–Kier alpha value is -2.47. The molecule has 1 saturated carbocycles. The molecule has 128 valence electrons. The molecule has 1 aliphatic rings. The van der Waals surface area contributed by atoms with Crippen LogP contribution in [0.15, 0.2) is 30.7 Å². The van der Waals surface area contributed by atoms with Crippen LogP contribution in [0.4, 0.5) is 0 Å². The summed E-state index contributed by atoms with van der Waals surface area (Å²) in [5.41, 5.74) is 3.11. The first-order chi connectivity index (χ1) is 12.0. The Balaban J connectivity index is 1.74. The highest BCUT2D eigenvalue weighted by molar-refractivity contribution is 6.30. The topological polar surface area (TPSA) is 72.2 Å². The summed E-state index contributed by atoms with van der Waals surface area (Å²) in [6, 6.07) is 5.53. The van der Waals surface area contributed by atoms with Gasteiger partial charge in [-0.05, 0) is 50.8 Å². The monoisotopic (exact) mass is 355 g/mol. The summed E-state index contributed by atoms with van der Waals surface area (Å²) in [6.45, 7) is 3.98. The maximum absolute atomic E-state index is 12.6. The minimum absolute atomic E-state index is 0.156. The van der Waals surface area contributed by atoms with Crippen molar-refractivity contribution in [2.75, 3.05) is 0 Å². The molecule has 3 aromatic heterocycles. The number of halogens is 1. The van der Waals surface area contributed by atoms with Crippen LogP contribution in [0.2, 0.25) is 5.02 Å². The first-order valence-electron chi connectivity index (χ1n) is 8.30. The fourth-order valence-electron chi connectivity index (χ4n) is 2.95. The number of hydrogen-bond donors (Lipinski definition) is 1. The molecular formula is C18H18ClN5O. The molecule has 1 aliphatic carbocycles. The molecule has 3 heterocycles. The number of rotatable bonds is 4. The summed E-state index contributed by atoms with van der Waals surface area (Å²) >= 11 is 6.06. The minimum Gasteiger partial charge on any atom is -0.348 e. The molecule has 7 heteroatoms. The van der Waals surface area contributed by atoms with E-state index in [1.54, 1.807) is 24.7 Å². The van der Waals surface area contributed by atoms with E-state index < -0.39 is 0 Å². The molecule has 3 aromatic rings. The Morgan fingerprint density at radius 3 is 2.84 bits per heavy atom. The van der Waals surface area contributed by atoms with Crippen LogP contribution in [-0.2, 0) is 0 Å². The first kappa shape index (κ1) is 16.0. The van der Waals surface area contributed by atoms with Crippen LogP contribution in [0.1, 0.15) is 35.9 Å². The Bertz CT molecular complexity index is 963. The van der Waals surface area contributed by atoms with E-state index in [1.807, 2.05) is 24.3 Å². The second kappa shape index (κ2) is 6.11. The number of hydrogen-bond acceptors (Lipinski definition) is 4. The fraction of sp³-hybridized carbons (Fsp3) is 0.333. The van der Waals surface area contributed by atoms with Gasteiger partial charge in [-0.1, -0.05) is 11.6 Å². The van der Waals surface area contributed by atoms with Crippen molar-refractivity contribution in [3.8, 4) is 11.4 Å². The van der Waals surface area contributed by atoms with Crippen LogP contribution in [0.25, 0.3) is 17.0 Å². The molecular weight excluding hydrogens is 338 g/mol. The number of pyridine rings is 1. The van der Waals surface area contributed by atoms with Gasteiger partial charge in [0.1, 0.15) is 6.33 Å². The molecule has 1 unspecified atom stereocenters. The predicted molar refractivity (Wildman–Crippen MR) is 95.6 cm³/mol. The first-order valence-corrected chi connectivity index (χ1v) is 8.68. The molecule has 4 rings (SSSR count). The van der Waals surface area contributed by atoms with Crippen LogP contribution in [-0.4, -0.2) is 31.3 Å². The maximum atomic E-state index is 12.6. The van der Waals surface area contributed by atoms with Crippen LogP contribution in [0, 0.1) is 12.8 Å². The molecule has 0 spiro atoms. The zero-order valence-corrected chi connectivity index (χ0v) is 14.8. The summed E-state index contributed by atoms with van der Waals surface area (Å²) in [7, 11) is 0. The van der Waals surface area contributed by atoms with Crippen LogP contribution >= 0.6 is 11.6 Å². The van der Waals surface area contributed by atoms with Gasteiger partial charge in [-0.25, -0.2) is 9.97 Å². The molecule has 0 radical (unpaired) electrons. The number of carbonyl (C=O) groups excluding carboxylic acids is 1. The third-order valence-corrected chi connectivity index (χ3v) is 4.82. The number of fused-ring (bicyclic) bond motifs is 1. The quantitative estimate of drug-likeness (QED) is 0.779. The normalized spacial score (nSPS) is 15.3. The van der Waals surface area contributed by atoms with Gasteiger partial charge in [-0.15, -0.1) is 0 Å². The lowest BCUT2D eigenvalue weighted by Gasteiger charge is -2.11. The maximum Gasteiger partial charge on any atom is 0.274 e. The largest absolute Gasteiger partial charge is 0.348 e. The van der Waals surface area contributed by atoms with Crippen molar-refractivity contribution >= 4 is 23.2 Å². The van der Waals surface area contributed by atoms with E-state index in [1.165, 1.54) is 12.8 Å². The summed E-state index contributed by atoms with van der Waals surface area (Å²) in [4.78, 5) is 25.8. The highest BCUT2D eigenvalue weighted by Crippen LogP contribution is 2.32. The lowest BCUT2D eigenvalue weighted by molar-refractivity contribution is 0.0933. The molecule has 1 fully saturated rings. The molecule has 0 aliphatic heterocycles. The summed E-state index contributed by atoms with van der Waals surface area (Å²) in [5.74, 6) is 0.392. The van der Waals surface area contributed by atoms with Gasteiger partial charge in [0.25, 0.3) is 5.91 Å². The average molecular weight is 356 g/mol. The molecule has 0 saturated heterocycles. The van der Waals surface area contributed by atoms with Gasteiger partial charge in [0, 0.05) is 23.0 Å². The van der Waals surface area contributed by atoms with Gasteiger partial charge in [-0.2, -0.15) is 0 Å². The zero-order valence-electron chi connectivity index (χ0n) is 14.0. The average Bonchev–Trinajstić information content (AvgIpc) is 3.34. The molecule has 6 nitrogen and oxygen atoms in total. The van der Waals surface area contributed by atoms with Crippen molar-refractivity contribution in [3.05, 3.63) is 47.1 Å². The number of aromatic nitrogens is 4. The molecule has 1 atom stereocenters. The van der Waals surface area contributed by atoms with E-state index in [0.717, 1.165) is 5.69 Å². The predicted octanol–water partition coefficient (Wildman–Crippen LogP) is 3.28. The smallest absolute Gasteiger partial charge is 0.274 e. The third-order valence-electron chi connectivity index (χ3n) is 4.58. The molecule has 0 aromatic carbocycles. The van der Waals surface area contributed by atoms with Gasteiger partial charge in [0.05, 0.1) is 11.4 Å². The lowest BCUT2D eigenvalue weighted by Crippen LogP contribution is -2.34. The number of imidazole rings is 1. The van der Waals surface area contributed by atoms with E-state index in [4.69, 9.17) is 11.6 Å². The van der Waals surface area contributed by atoms with Crippen molar-refractivity contribution < 1.29 is 4.79 Å². The Morgan fingerprint density at radius 1 is 1.32 bits per heavy atom. The summed E-state index contributed by atoms with van der Waals surface area (Å²) < 4.78 is 1.81. The SMILES string of the molecule is Cc1cc(-c2cc(Cl)ccn2)nc2c(C(=O)NC(C)C3CC3)ncn12. The van der Waals surface area contributed by atoms with E-state index >= 15 is 0 Å². The van der Waals surface area contributed by atoms with Gasteiger partial charge in [0.2, 0.25) is 0 Å². The van der Waals surface area contributed by atoms with Gasteiger partial charge < -0.3 is 5.32 Å². The van der Waals surface area contributed by atoms with Gasteiger partial charge >= 0.3 is 0 Å².